The van der Waals surface area contributed by atoms with E-state index in [1.807, 2.05) is 0 Å². The van der Waals surface area contributed by atoms with E-state index in [2.05, 4.69) is 5.32 Å². The first kappa shape index (κ1) is 15.0. The monoisotopic (exact) mass is 329 g/mol. The van der Waals surface area contributed by atoms with Gasteiger partial charge >= 0.3 is 0 Å². The number of hydrogen-bond donors (Lipinski definition) is 2. The van der Waals surface area contributed by atoms with Gasteiger partial charge in [-0.1, -0.05) is 46.9 Å². The van der Waals surface area contributed by atoms with Crippen LogP contribution in [0.5, 0.6) is 5.75 Å². The van der Waals surface area contributed by atoms with E-state index < -0.39 is 0 Å². The molecular formula is C14H10Cl3NO2. The van der Waals surface area contributed by atoms with Crippen LogP contribution in [-0.2, 0) is 11.2 Å². The first-order valence-corrected chi connectivity index (χ1v) is 6.81. The van der Waals surface area contributed by atoms with Gasteiger partial charge in [0.25, 0.3) is 0 Å². The summed E-state index contributed by atoms with van der Waals surface area (Å²) >= 11 is 17.3. The largest absolute Gasteiger partial charge is 0.505 e. The van der Waals surface area contributed by atoms with E-state index in [1.54, 1.807) is 24.3 Å². The molecule has 0 spiro atoms. The molecule has 0 radical (unpaired) electrons. The van der Waals surface area contributed by atoms with Gasteiger partial charge in [-0.2, -0.15) is 0 Å². The second-order valence-electron chi connectivity index (χ2n) is 4.14. The minimum atomic E-state index is -0.217. The number of rotatable bonds is 3. The van der Waals surface area contributed by atoms with E-state index in [0.717, 1.165) is 5.56 Å². The molecule has 0 aliphatic rings. The lowest BCUT2D eigenvalue weighted by Gasteiger charge is -2.08. The van der Waals surface area contributed by atoms with Gasteiger partial charge in [-0.3, -0.25) is 4.79 Å². The Morgan fingerprint density at radius 1 is 1.05 bits per heavy atom. The number of phenols is 1. The summed E-state index contributed by atoms with van der Waals surface area (Å²) in [5.41, 5.74) is 1.26. The zero-order chi connectivity index (χ0) is 14.7. The van der Waals surface area contributed by atoms with E-state index >= 15 is 0 Å². The van der Waals surface area contributed by atoms with Gasteiger partial charge < -0.3 is 10.4 Å². The van der Waals surface area contributed by atoms with Crippen LogP contribution >= 0.6 is 34.8 Å². The standard InChI is InChI=1S/C14H10Cl3NO2/c15-9-3-1-8(2-4-9)5-13(19)18-10-6-11(16)14(20)12(17)7-10/h1-4,6-7,20H,5H2,(H,18,19). The smallest absolute Gasteiger partial charge is 0.228 e. The van der Waals surface area contributed by atoms with Gasteiger partial charge in [-0.25, -0.2) is 0 Å². The molecule has 0 unspecified atom stereocenters. The zero-order valence-corrected chi connectivity index (χ0v) is 12.4. The molecule has 0 heterocycles. The van der Waals surface area contributed by atoms with Crippen molar-refractivity contribution in [2.75, 3.05) is 5.32 Å². The van der Waals surface area contributed by atoms with Crippen LogP contribution < -0.4 is 5.32 Å². The molecule has 0 aromatic heterocycles. The maximum Gasteiger partial charge on any atom is 0.228 e. The van der Waals surface area contributed by atoms with E-state index in [1.165, 1.54) is 12.1 Å². The third-order valence-electron chi connectivity index (χ3n) is 2.58. The summed E-state index contributed by atoms with van der Waals surface area (Å²) in [5.74, 6) is -0.422. The second kappa shape index (κ2) is 6.35. The molecule has 6 heteroatoms. The number of nitrogens with one attached hydrogen (secondary N) is 1. The first-order chi connectivity index (χ1) is 9.45. The molecule has 0 atom stereocenters. The Morgan fingerprint density at radius 2 is 1.60 bits per heavy atom. The quantitative estimate of drug-likeness (QED) is 0.812. The van der Waals surface area contributed by atoms with Crippen molar-refractivity contribution in [3.63, 3.8) is 0 Å². The van der Waals surface area contributed by atoms with Crippen LogP contribution in [0.3, 0.4) is 0 Å². The molecule has 20 heavy (non-hydrogen) atoms. The summed E-state index contributed by atoms with van der Waals surface area (Å²) < 4.78 is 0. The maximum absolute atomic E-state index is 11.9. The highest BCUT2D eigenvalue weighted by Crippen LogP contribution is 2.34. The van der Waals surface area contributed by atoms with Crippen LogP contribution in [0.1, 0.15) is 5.56 Å². The third-order valence-corrected chi connectivity index (χ3v) is 3.41. The van der Waals surface area contributed by atoms with E-state index in [4.69, 9.17) is 34.8 Å². The fraction of sp³-hybridized carbons (Fsp3) is 0.0714. The molecule has 2 aromatic carbocycles. The highest BCUT2D eigenvalue weighted by atomic mass is 35.5. The number of anilines is 1. The van der Waals surface area contributed by atoms with Crippen LogP contribution in [0.15, 0.2) is 36.4 Å². The van der Waals surface area contributed by atoms with Gasteiger partial charge in [-0.15, -0.1) is 0 Å². The number of carbonyl (C=O) groups is 1. The first-order valence-electron chi connectivity index (χ1n) is 5.68. The van der Waals surface area contributed by atoms with Gasteiger partial charge in [0.05, 0.1) is 16.5 Å². The molecule has 0 bridgehead atoms. The van der Waals surface area contributed by atoms with Crippen molar-refractivity contribution in [3.05, 3.63) is 57.0 Å². The molecule has 3 nitrogen and oxygen atoms in total. The van der Waals surface area contributed by atoms with Crippen LogP contribution in [0.25, 0.3) is 0 Å². The van der Waals surface area contributed by atoms with Crippen molar-refractivity contribution < 1.29 is 9.90 Å². The maximum atomic E-state index is 11.9. The van der Waals surface area contributed by atoms with Crippen molar-refractivity contribution in [2.45, 2.75) is 6.42 Å². The topological polar surface area (TPSA) is 49.3 Å². The van der Waals surface area contributed by atoms with Crippen molar-refractivity contribution >= 4 is 46.4 Å². The van der Waals surface area contributed by atoms with E-state index in [9.17, 15) is 9.90 Å². The highest BCUT2D eigenvalue weighted by Gasteiger charge is 2.09. The third kappa shape index (κ3) is 3.79. The fourth-order valence-electron chi connectivity index (χ4n) is 1.63. The Hall–Kier alpha value is -1.42. The van der Waals surface area contributed by atoms with E-state index in [0.29, 0.717) is 10.7 Å². The SMILES string of the molecule is O=C(Cc1ccc(Cl)cc1)Nc1cc(Cl)c(O)c(Cl)c1. The predicted molar refractivity (Wildman–Crippen MR) is 81.9 cm³/mol. The summed E-state index contributed by atoms with van der Waals surface area (Å²) in [6.07, 6.45) is 0.202. The average Bonchev–Trinajstić information content (AvgIpc) is 2.38. The van der Waals surface area contributed by atoms with Gasteiger partial charge in [0.1, 0.15) is 0 Å². The molecule has 2 aromatic rings. The van der Waals surface area contributed by atoms with Crippen molar-refractivity contribution in [1.82, 2.24) is 0 Å². The van der Waals surface area contributed by atoms with Crippen molar-refractivity contribution in [2.24, 2.45) is 0 Å². The van der Waals surface area contributed by atoms with Gasteiger partial charge in [-0.05, 0) is 29.8 Å². The number of phenolic OH excluding ortho intramolecular Hbond substituents is 1. The summed E-state index contributed by atoms with van der Waals surface area (Å²) in [5, 5.41) is 12.9. The molecular weight excluding hydrogens is 321 g/mol. The minimum absolute atomic E-state index is 0.0827. The van der Waals surface area contributed by atoms with Crippen molar-refractivity contribution in [3.8, 4) is 5.75 Å². The molecule has 0 saturated heterocycles. The van der Waals surface area contributed by atoms with Gasteiger partial charge in [0, 0.05) is 10.7 Å². The van der Waals surface area contributed by atoms with Crippen LogP contribution in [-0.4, -0.2) is 11.0 Å². The predicted octanol–water partition coefficient (Wildman–Crippen LogP) is 4.53. The Kier molecular flexibility index (Phi) is 4.76. The Bertz CT molecular complexity index is 618. The highest BCUT2D eigenvalue weighted by molar-refractivity contribution is 6.37. The van der Waals surface area contributed by atoms with Gasteiger partial charge in [0.15, 0.2) is 5.75 Å². The molecule has 2 N–H and O–H groups in total. The molecule has 104 valence electrons. The number of benzene rings is 2. The Labute approximate surface area is 131 Å². The fourth-order valence-corrected chi connectivity index (χ4v) is 2.24. The summed E-state index contributed by atoms with van der Waals surface area (Å²) in [7, 11) is 0. The normalized spacial score (nSPS) is 10.3. The summed E-state index contributed by atoms with van der Waals surface area (Å²) in [6.45, 7) is 0. The number of hydrogen-bond acceptors (Lipinski definition) is 2. The Balaban J connectivity index is 2.06. The molecule has 0 aliphatic carbocycles. The van der Waals surface area contributed by atoms with Crippen LogP contribution in [0.2, 0.25) is 15.1 Å². The number of carbonyl (C=O) groups excluding carboxylic acids is 1. The number of aromatic hydroxyl groups is 1. The lowest BCUT2D eigenvalue weighted by Crippen LogP contribution is -2.14. The van der Waals surface area contributed by atoms with Gasteiger partial charge in [0.2, 0.25) is 5.91 Å². The number of halogens is 3. The molecule has 1 amide bonds. The number of amides is 1. The molecule has 0 aliphatic heterocycles. The van der Waals surface area contributed by atoms with Crippen LogP contribution in [0, 0.1) is 0 Å². The zero-order valence-electron chi connectivity index (χ0n) is 10.2. The van der Waals surface area contributed by atoms with E-state index in [-0.39, 0.29) is 28.1 Å². The average molecular weight is 331 g/mol. The lowest BCUT2D eigenvalue weighted by atomic mass is 10.1. The lowest BCUT2D eigenvalue weighted by molar-refractivity contribution is -0.115. The molecule has 0 fully saturated rings. The summed E-state index contributed by atoms with van der Waals surface area (Å²) in [6, 6.07) is 9.86. The second-order valence-corrected chi connectivity index (χ2v) is 5.39. The minimum Gasteiger partial charge on any atom is -0.505 e. The summed E-state index contributed by atoms with van der Waals surface area (Å²) in [4.78, 5) is 11.9. The molecule has 2 rings (SSSR count). The van der Waals surface area contributed by atoms with Crippen LogP contribution in [0.4, 0.5) is 5.69 Å². The molecule has 0 saturated carbocycles. The Morgan fingerprint density at radius 3 is 2.15 bits per heavy atom. The van der Waals surface area contributed by atoms with Crippen molar-refractivity contribution in [1.29, 1.82) is 0 Å².